The zero-order valence-electron chi connectivity index (χ0n) is 18.8. The Labute approximate surface area is 180 Å². The molecule has 1 heteroatoms. The van der Waals surface area contributed by atoms with Gasteiger partial charge in [0.1, 0.15) is 0 Å². The van der Waals surface area contributed by atoms with Crippen molar-refractivity contribution in [1.82, 2.24) is 4.98 Å². The van der Waals surface area contributed by atoms with Gasteiger partial charge in [0.25, 0.3) is 0 Å². The van der Waals surface area contributed by atoms with Crippen LogP contribution in [0, 0.1) is 41.5 Å². The van der Waals surface area contributed by atoms with Gasteiger partial charge in [0.2, 0.25) is 0 Å². The molecule has 0 unspecified atom stereocenters. The average Bonchev–Trinajstić information content (AvgIpc) is 2.65. The van der Waals surface area contributed by atoms with Crippen molar-refractivity contribution in [2.45, 2.75) is 41.5 Å². The average molecular weight is 392 g/mol. The summed E-state index contributed by atoms with van der Waals surface area (Å²) in [5.41, 5.74) is 14.4. The number of pyridine rings is 1. The Bertz CT molecular complexity index is 1020. The molecule has 0 radical (unpaired) electrons. The highest BCUT2D eigenvalue weighted by Crippen LogP contribution is 2.32. The third-order valence-electron chi connectivity index (χ3n) is 5.42. The number of hydrogen-bond acceptors (Lipinski definition) is 1. The van der Waals surface area contributed by atoms with Crippen molar-refractivity contribution in [3.05, 3.63) is 100 Å². The summed E-state index contributed by atoms with van der Waals surface area (Å²) in [7, 11) is 0. The second kappa shape index (κ2) is 7.91. The zero-order valence-corrected chi connectivity index (χ0v) is 18.8. The highest BCUT2D eigenvalue weighted by Gasteiger charge is 2.11. The third-order valence-corrected chi connectivity index (χ3v) is 5.42. The predicted molar refractivity (Wildman–Crippen MR) is 129 cm³/mol. The molecule has 4 aromatic rings. The van der Waals surface area contributed by atoms with Crippen LogP contribution in [0.1, 0.15) is 33.4 Å². The van der Waals surface area contributed by atoms with E-state index in [1.54, 1.807) is 0 Å². The molecular weight excluding hydrogens is 362 g/mol. The van der Waals surface area contributed by atoms with Crippen molar-refractivity contribution in [1.29, 1.82) is 0 Å². The standard InChI is InChI=1S/C29H29N/c1-18-7-19(2)11-24(10-18)25-16-28(26-12-20(3)8-21(4)13-26)30-29(17-25)27-14-22(5)9-23(6)15-27/h7-17H,1-6H3. The summed E-state index contributed by atoms with van der Waals surface area (Å²) in [5, 5.41) is 0. The maximum Gasteiger partial charge on any atom is 0.0715 e. The Hall–Kier alpha value is -3.19. The van der Waals surface area contributed by atoms with Crippen molar-refractivity contribution in [3.63, 3.8) is 0 Å². The highest BCUT2D eigenvalue weighted by atomic mass is 14.7. The van der Waals surface area contributed by atoms with Crippen LogP contribution in [-0.4, -0.2) is 4.98 Å². The van der Waals surface area contributed by atoms with Crippen molar-refractivity contribution in [2.24, 2.45) is 0 Å². The second-order valence-electron chi connectivity index (χ2n) is 8.76. The maximum absolute atomic E-state index is 5.11. The van der Waals surface area contributed by atoms with Gasteiger partial charge in [-0.25, -0.2) is 4.98 Å². The van der Waals surface area contributed by atoms with Crippen LogP contribution in [-0.2, 0) is 0 Å². The number of rotatable bonds is 3. The van der Waals surface area contributed by atoms with Crippen LogP contribution in [0.15, 0.2) is 66.7 Å². The normalized spacial score (nSPS) is 11.0. The molecule has 0 saturated carbocycles. The van der Waals surface area contributed by atoms with E-state index < -0.39 is 0 Å². The molecular formula is C29H29N. The van der Waals surface area contributed by atoms with Gasteiger partial charge < -0.3 is 0 Å². The Balaban J connectivity index is 1.98. The molecule has 4 rings (SSSR count). The first-order valence-electron chi connectivity index (χ1n) is 10.5. The first-order valence-corrected chi connectivity index (χ1v) is 10.5. The summed E-state index contributed by atoms with van der Waals surface area (Å²) >= 11 is 0. The fourth-order valence-corrected chi connectivity index (χ4v) is 4.38. The number of benzene rings is 3. The molecule has 0 saturated heterocycles. The Kier molecular flexibility index (Phi) is 5.30. The smallest absolute Gasteiger partial charge is 0.0715 e. The van der Waals surface area contributed by atoms with Crippen molar-refractivity contribution in [2.75, 3.05) is 0 Å². The molecule has 1 aromatic heterocycles. The largest absolute Gasteiger partial charge is 0.248 e. The first kappa shape index (κ1) is 20.1. The van der Waals surface area contributed by atoms with Gasteiger partial charge in [-0.15, -0.1) is 0 Å². The van der Waals surface area contributed by atoms with Gasteiger partial charge in [0.05, 0.1) is 11.4 Å². The summed E-state index contributed by atoms with van der Waals surface area (Å²) in [6.07, 6.45) is 0. The van der Waals surface area contributed by atoms with Gasteiger partial charge in [-0.1, -0.05) is 63.7 Å². The van der Waals surface area contributed by atoms with E-state index in [0.29, 0.717) is 0 Å². The van der Waals surface area contributed by atoms with Gasteiger partial charge in [-0.05, 0) is 89.1 Å². The monoisotopic (exact) mass is 391 g/mol. The molecule has 0 aliphatic carbocycles. The van der Waals surface area contributed by atoms with Crippen molar-refractivity contribution < 1.29 is 0 Å². The SMILES string of the molecule is Cc1cc(C)cc(-c2cc(-c3cc(C)cc(C)c3)nc(-c3cc(C)cc(C)c3)c2)c1. The first-order chi connectivity index (χ1) is 14.3. The summed E-state index contributed by atoms with van der Waals surface area (Å²) in [4.78, 5) is 5.11. The van der Waals surface area contributed by atoms with Crippen molar-refractivity contribution >= 4 is 0 Å². The minimum Gasteiger partial charge on any atom is -0.248 e. The fourth-order valence-electron chi connectivity index (χ4n) is 4.38. The Morgan fingerprint density at radius 2 is 0.600 bits per heavy atom. The molecule has 0 fully saturated rings. The van der Waals surface area contributed by atoms with Gasteiger partial charge in [-0.2, -0.15) is 0 Å². The summed E-state index contributed by atoms with van der Waals surface area (Å²) in [6.45, 7) is 12.9. The highest BCUT2D eigenvalue weighted by molar-refractivity contribution is 5.77. The number of aromatic nitrogens is 1. The van der Waals surface area contributed by atoms with Crippen LogP contribution in [0.2, 0.25) is 0 Å². The molecule has 0 amide bonds. The van der Waals surface area contributed by atoms with Crippen LogP contribution in [0.25, 0.3) is 33.6 Å². The van der Waals surface area contributed by atoms with E-state index in [9.17, 15) is 0 Å². The number of hydrogen-bond donors (Lipinski definition) is 0. The third kappa shape index (κ3) is 4.36. The topological polar surface area (TPSA) is 12.9 Å². The zero-order chi connectivity index (χ0) is 21.4. The maximum atomic E-state index is 5.11. The van der Waals surface area contributed by atoms with Crippen LogP contribution in [0.3, 0.4) is 0 Å². The van der Waals surface area contributed by atoms with Crippen LogP contribution >= 0.6 is 0 Å². The molecule has 0 bridgehead atoms. The molecule has 30 heavy (non-hydrogen) atoms. The predicted octanol–water partition coefficient (Wildman–Crippen LogP) is 7.93. The summed E-state index contributed by atoms with van der Waals surface area (Å²) in [5.74, 6) is 0. The molecule has 0 aliphatic heterocycles. The molecule has 0 spiro atoms. The van der Waals surface area contributed by atoms with Crippen LogP contribution < -0.4 is 0 Å². The summed E-state index contributed by atoms with van der Waals surface area (Å²) < 4.78 is 0. The fraction of sp³-hybridized carbons (Fsp3) is 0.207. The molecule has 3 aromatic carbocycles. The lowest BCUT2D eigenvalue weighted by atomic mass is 9.96. The number of aryl methyl sites for hydroxylation is 6. The van der Waals surface area contributed by atoms with Gasteiger partial charge >= 0.3 is 0 Å². The van der Waals surface area contributed by atoms with E-state index >= 15 is 0 Å². The lowest BCUT2D eigenvalue weighted by Crippen LogP contribution is -1.94. The second-order valence-corrected chi connectivity index (χ2v) is 8.76. The molecule has 1 nitrogen and oxygen atoms in total. The molecule has 0 atom stereocenters. The molecule has 0 aliphatic rings. The van der Waals surface area contributed by atoms with Gasteiger partial charge in [0.15, 0.2) is 0 Å². The number of nitrogens with zero attached hydrogens (tertiary/aromatic N) is 1. The minimum atomic E-state index is 1.02. The van der Waals surface area contributed by atoms with Crippen LogP contribution in [0.4, 0.5) is 0 Å². The van der Waals surface area contributed by atoms with Crippen molar-refractivity contribution in [3.8, 4) is 33.6 Å². The van der Waals surface area contributed by atoms with E-state index in [1.165, 1.54) is 55.6 Å². The van der Waals surface area contributed by atoms with Crippen LogP contribution in [0.5, 0.6) is 0 Å². The quantitative estimate of drug-likeness (QED) is 0.345. The van der Waals surface area contributed by atoms with Gasteiger partial charge in [-0.3, -0.25) is 0 Å². The lowest BCUT2D eigenvalue weighted by molar-refractivity contribution is 1.29. The van der Waals surface area contributed by atoms with E-state index in [0.717, 1.165) is 11.4 Å². The van der Waals surface area contributed by atoms with Gasteiger partial charge in [0, 0.05) is 11.1 Å². The molecule has 1 heterocycles. The van der Waals surface area contributed by atoms with E-state index in [-0.39, 0.29) is 0 Å². The van der Waals surface area contributed by atoms with E-state index in [4.69, 9.17) is 4.98 Å². The van der Waals surface area contributed by atoms with E-state index in [2.05, 4.69) is 108 Å². The minimum absolute atomic E-state index is 1.02. The molecule has 150 valence electrons. The Morgan fingerprint density at radius 3 is 0.933 bits per heavy atom. The lowest BCUT2D eigenvalue weighted by Gasteiger charge is -2.13. The Morgan fingerprint density at radius 1 is 0.333 bits per heavy atom. The van der Waals surface area contributed by atoms with E-state index in [1.807, 2.05) is 0 Å². The summed E-state index contributed by atoms with van der Waals surface area (Å²) in [6, 6.07) is 24.5. The molecule has 0 N–H and O–H groups in total.